The molecule has 1 fully saturated rings. The molecule has 2 heteroatoms. The second kappa shape index (κ2) is 5.31. The average Bonchev–Trinajstić information content (AvgIpc) is 2.44. The van der Waals surface area contributed by atoms with Gasteiger partial charge in [0.25, 0.3) is 0 Å². The molecule has 0 radical (unpaired) electrons. The molecule has 0 bridgehead atoms. The summed E-state index contributed by atoms with van der Waals surface area (Å²) in [7, 11) is 2.43. The van der Waals surface area contributed by atoms with E-state index in [1.807, 2.05) is 0 Å². The van der Waals surface area contributed by atoms with E-state index in [0.717, 1.165) is 12.0 Å². The minimum Gasteiger partial charge on any atom is -0.310 e. The summed E-state index contributed by atoms with van der Waals surface area (Å²) < 4.78 is 1.26. The topological polar surface area (TPSA) is 3.24 Å². The molecule has 15 heavy (non-hydrogen) atoms. The van der Waals surface area contributed by atoms with Crippen molar-refractivity contribution in [2.75, 3.05) is 33.4 Å². The Labute approximate surface area is 95.8 Å². The molecule has 1 heterocycles. The molecule has 0 N–H and O–H groups in total. The molecule has 0 saturated carbocycles. The van der Waals surface area contributed by atoms with Crippen LogP contribution in [0.25, 0.3) is 0 Å². The molecule has 0 aromatic heterocycles. The van der Waals surface area contributed by atoms with Gasteiger partial charge >= 0.3 is 0 Å². The van der Waals surface area contributed by atoms with Crippen LogP contribution in [0.1, 0.15) is 40.5 Å². The maximum atomic E-state index is 2.66. The zero-order chi connectivity index (χ0) is 11.5. The Balaban J connectivity index is 2.57. The molecule has 1 unspecified atom stereocenters. The lowest BCUT2D eigenvalue weighted by Crippen LogP contribution is -2.49. The summed E-state index contributed by atoms with van der Waals surface area (Å²) in [6.45, 7) is 14.4. The maximum absolute atomic E-state index is 2.66. The van der Waals surface area contributed by atoms with Crippen molar-refractivity contribution in [2.24, 2.45) is 5.92 Å². The molecule has 2 nitrogen and oxygen atoms in total. The van der Waals surface area contributed by atoms with Crippen LogP contribution in [0.5, 0.6) is 0 Å². The first kappa shape index (κ1) is 13.0. The first-order chi connectivity index (χ1) is 7.01. The molecule has 2 atom stereocenters. The minimum absolute atomic E-state index is 0.802. The third-order valence-electron chi connectivity index (χ3n) is 3.84. The Morgan fingerprint density at radius 1 is 1.33 bits per heavy atom. The van der Waals surface area contributed by atoms with Crippen LogP contribution < -0.4 is 0 Å². The molecule has 0 aliphatic carbocycles. The number of likely N-dealkylation sites (N-methyl/N-ethyl adjacent to an activating group) is 1. The standard InChI is InChI=1S/C13H29N2/c1-6-8-13-10-14(9-12(3)4)11-15(13,5)7-2/h12-13H,6-11H2,1-5H3/q+1/t13?,15-/m0/s1. The number of quaternary nitrogens is 1. The van der Waals surface area contributed by atoms with Crippen LogP contribution in [0, 0.1) is 5.92 Å². The van der Waals surface area contributed by atoms with Gasteiger partial charge in [-0.05, 0) is 12.8 Å². The van der Waals surface area contributed by atoms with Crippen LogP contribution in [0.4, 0.5) is 0 Å². The van der Waals surface area contributed by atoms with E-state index in [1.54, 1.807) is 0 Å². The fourth-order valence-corrected chi connectivity index (χ4v) is 2.87. The van der Waals surface area contributed by atoms with Gasteiger partial charge in [0.15, 0.2) is 0 Å². The normalized spacial score (nSPS) is 32.8. The third kappa shape index (κ3) is 3.18. The molecular weight excluding hydrogens is 184 g/mol. The van der Waals surface area contributed by atoms with Crippen molar-refractivity contribution in [1.29, 1.82) is 0 Å². The zero-order valence-corrected chi connectivity index (χ0v) is 11.3. The smallest absolute Gasteiger partial charge is 0.135 e. The monoisotopic (exact) mass is 213 g/mol. The second-order valence-corrected chi connectivity index (χ2v) is 5.81. The van der Waals surface area contributed by atoms with Gasteiger partial charge in [-0.1, -0.05) is 27.2 Å². The molecule has 0 spiro atoms. The van der Waals surface area contributed by atoms with Gasteiger partial charge in [0, 0.05) is 13.0 Å². The molecule has 0 amide bonds. The average molecular weight is 213 g/mol. The molecule has 0 aromatic rings. The summed E-state index contributed by atoms with van der Waals surface area (Å²) in [5.74, 6) is 0.802. The maximum Gasteiger partial charge on any atom is 0.135 e. The van der Waals surface area contributed by atoms with E-state index in [0.29, 0.717) is 0 Å². The van der Waals surface area contributed by atoms with E-state index < -0.39 is 0 Å². The van der Waals surface area contributed by atoms with Crippen molar-refractivity contribution in [1.82, 2.24) is 4.90 Å². The van der Waals surface area contributed by atoms with E-state index in [4.69, 9.17) is 0 Å². The number of rotatable bonds is 5. The largest absolute Gasteiger partial charge is 0.310 e. The first-order valence-electron chi connectivity index (χ1n) is 6.58. The third-order valence-corrected chi connectivity index (χ3v) is 3.84. The fraction of sp³-hybridized carbons (Fsp3) is 1.00. The second-order valence-electron chi connectivity index (χ2n) is 5.81. The highest BCUT2D eigenvalue weighted by Crippen LogP contribution is 2.24. The van der Waals surface area contributed by atoms with Crippen molar-refractivity contribution < 1.29 is 4.48 Å². The summed E-state index contributed by atoms with van der Waals surface area (Å²) in [6.07, 6.45) is 2.72. The minimum atomic E-state index is 0.802. The van der Waals surface area contributed by atoms with Crippen LogP contribution in [0.2, 0.25) is 0 Å². The lowest BCUT2D eigenvalue weighted by Gasteiger charge is -2.34. The van der Waals surface area contributed by atoms with Gasteiger partial charge in [0.1, 0.15) is 12.7 Å². The summed E-state index contributed by atoms with van der Waals surface area (Å²) in [6, 6.07) is 0.874. The molecule has 1 saturated heterocycles. The summed E-state index contributed by atoms with van der Waals surface area (Å²) in [5, 5.41) is 0. The quantitative estimate of drug-likeness (QED) is 0.634. The highest BCUT2D eigenvalue weighted by molar-refractivity contribution is 4.72. The molecule has 1 aliphatic rings. The fourth-order valence-electron chi connectivity index (χ4n) is 2.87. The Morgan fingerprint density at radius 3 is 2.47 bits per heavy atom. The summed E-state index contributed by atoms with van der Waals surface area (Å²) in [4.78, 5) is 2.66. The lowest BCUT2D eigenvalue weighted by molar-refractivity contribution is -0.923. The Bertz CT molecular complexity index is 191. The van der Waals surface area contributed by atoms with Crippen molar-refractivity contribution in [3.05, 3.63) is 0 Å². The molecular formula is C13H29N2+. The van der Waals surface area contributed by atoms with E-state index in [9.17, 15) is 0 Å². The zero-order valence-electron chi connectivity index (χ0n) is 11.3. The highest BCUT2D eigenvalue weighted by atomic mass is 15.5. The van der Waals surface area contributed by atoms with Gasteiger partial charge in [0.05, 0.1) is 20.1 Å². The van der Waals surface area contributed by atoms with Gasteiger partial charge in [-0.15, -0.1) is 0 Å². The van der Waals surface area contributed by atoms with Gasteiger partial charge in [-0.3, -0.25) is 4.90 Å². The highest BCUT2D eigenvalue weighted by Gasteiger charge is 2.40. The lowest BCUT2D eigenvalue weighted by atomic mass is 10.1. The van der Waals surface area contributed by atoms with Crippen molar-refractivity contribution in [2.45, 2.75) is 46.6 Å². The van der Waals surface area contributed by atoms with Crippen LogP contribution in [-0.4, -0.2) is 48.8 Å². The molecule has 1 rings (SSSR count). The van der Waals surface area contributed by atoms with Crippen LogP contribution >= 0.6 is 0 Å². The van der Waals surface area contributed by atoms with Crippen LogP contribution in [0.3, 0.4) is 0 Å². The van der Waals surface area contributed by atoms with Crippen molar-refractivity contribution in [3.63, 3.8) is 0 Å². The van der Waals surface area contributed by atoms with Crippen molar-refractivity contribution in [3.8, 4) is 0 Å². The van der Waals surface area contributed by atoms with E-state index in [1.165, 1.54) is 43.6 Å². The first-order valence-corrected chi connectivity index (χ1v) is 6.58. The number of hydrogen-bond donors (Lipinski definition) is 0. The molecule has 0 aromatic carbocycles. The Hall–Kier alpha value is -0.0800. The summed E-state index contributed by atoms with van der Waals surface area (Å²) in [5.41, 5.74) is 0. The van der Waals surface area contributed by atoms with Gasteiger partial charge < -0.3 is 4.48 Å². The Kier molecular flexibility index (Phi) is 4.60. The SMILES string of the molecule is CCCC1CN(CC(C)C)C[N@+]1(C)CC. The van der Waals surface area contributed by atoms with Crippen LogP contribution in [0.15, 0.2) is 0 Å². The molecule has 1 aliphatic heterocycles. The van der Waals surface area contributed by atoms with Gasteiger partial charge in [-0.25, -0.2) is 0 Å². The van der Waals surface area contributed by atoms with E-state index in [2.05, 4.69) is 39.6 Å². The van der Waals surface area contributed by atoms with Crippen molar-refractivity contribution >= 4 is 0 Å². The number of nitrogens with zero attached hydrogens (tertiary/aromatic N) is 2. The van der Waals surface area contributed by atoms with E-state index >= 15 is 0 Å². The van der Waals surface area contributed by atoms with Gasteiger partial charge in [0.2, 0.25) is 0 Å². The van der Waals surface area contributed by atoms with E-state index in [-0.39, 0.29) is 0 Å². The molecule has 90 valence electrons. The summed E-state index contributed by atoms with van der Waals surface area (Å²) >= 11 is 0. The van der Waals surface area contributed by atoms with Gasteiger partial charge in [-0.2, -0.15) is 0 Å². The predicted molar refractivity (Wildman–Crippen MR) is 66.7 cm³/mol. The number of hydrogen-bond acceptors (Lipinski definition) is 1. The predicted octanol–water partition coefficient (Wildman–Crippen LogP) is 2.55. The Morgan fingerprint density at radius 2 is 2.00 bits per heavy atom. The van der Waals surface area contributed by atoms with Crippen LogP contribution in [-0.2, 0) is 0 Å².